The number of benzene rings is 1. The Morgan fingerprint density at radius 2 is 1.64 bits per heavy atom. The second kappa shape index (κ2) is 9.00. The maximum Gasteiger partial charge on any atom is 0.325 e. The van der Waals surface area contributed by atoms with Crippen molar-refractivity contribution in [2.75, 3.05) is 0 Å². The van der Waals surface area contributed by atoms with Crippen molar-refractivity contribution in [3.8, 4) is 5.75 Å². The predicted molar refractivity (Wildman–Crippen MR) is 88.6 cm³/mol. The average molecular weight is 353 g/mol. The van der Waals surface area contributed by atoms with Crippen LogP contribution in [-0.4, -0.2) is 57.3 Å². The van der Waals surface area contributed by atoms with E-state index in [1.54, 1.807) is 12.1 Å². The molecule has 0 saturated carbocycles. The van der Waals surface area contributed by atoms with Gasteiger partial charge in [-0.15, -0.1) is 0 Å². The summed E-state index contributed by atoms with van der Waals surface area (Å²) in [5, 5.41) is 32.2. The highest BCUT2D eigenvalue weighted by Gasteiger charge is 2.29. The predicted octanol–water partition coefficient (Wildman–Crippen LogP) is -1.28. The van der Waals surface area contributed by atoms with Crippen molar-refractivity contribution in [1.29, 1.82) is 0 Å². The highest BCUT2D eigenvalue weighted by Crippen LogP contribution is 2.11. The fourth-order valence-corrected chi connectivity index (χ4v) is 2.01. The number of nitrogens with one attached hydrogen (secondary N) is 2. The molecule has 0 aliphatic heterocycles. The number of amides is 2. The number of carbonyl (C=O) groups excluding carboxylic acids is 2. The lowest BCUT2D eigenvalue weighted by Crippen LogP contribution is -2.58. The summed E-state index contributed by atoms with van der Waals surface area (Å²) < 4.78 is 0. The smallest absolute Gasteiger partial charge is 0.325 e. The SMILES string of the molecule is C[C@H](NC(=O)[C@@H](NC(=O)[C@@H](N)Cc1ccc(O)cc1)[C@@H](C)O)C(=O)O. The van der Waals surface area contributed by atoms with Crippen LogP contribution in [0.4, 0.5) is 0 Å². The topological polar surface area (TPSA) is 162 Å². The molecule has 0 aliphatic rings. The van der Waals surface area contributed by atoms with Crippen LogP contribution in [0.2, 0.25) is 0 Å². The van der Waals surface area contributed by atoms with Crippen molar-refractivity contribution in [2.45, 2.75) is 44.5 Å². The molecule has 138 valence electrons. The first kappa shape index (κ1) is 20.4. The summed E-state index contributed by atoms with van der Waals surface area (Å²) in [6, 6.07) is 2.64. The van der Waals surface area contributed by atoms with E-state index in [9.17, 15) is 24.6 Å². The molecule has 0 fully saturated rings. The lowest BCUT2D eigenvalue weighted by atomic mass is 10.0. The van der Waals surface area contributed by atoms with E-state index in [4.69, 9.17) is 10.8 Å². The van der Waals surface area contributed by atoms with E-state index >= 15 is 0 Å². The molecule has 0 aliphatic carbocycles. The van der Waals surface area contributed by atoms with E-state index in [1.807, 2.05) is 0 Å². The molecule has 1 aromatic carbocycles. The Morgan fingerprint density at radius 1 is 1.08 bits per heavy atom. The fraction of sp³-hybridized carbons (Fsp3) is 0.438. The number of phenols is 1. The van der Waals surface area contributed by atoms with Crippen LogP contribution in [0, 0.1) is 0 Å². The number of hydrogen-bond donors (Lipinski definition) is 6. The van der Waals surface area contributed by atoms with Gasteiger partial charge >= 0.3 is 5.97 Å². The lowest BCUT2D eigenvalue weighted by Gasteiger charge is -2.23. The van der Waals surface area contributed by atoms with Gasteiger partial charge in [-0.1, -0.05) is 12.1 Å². The first-order chi connectivity index (χ1) is 11.6. The molecule has 4 atom stereocenters. The maximum absolute atomic E-state index is 12.2. The summed E-state index contributed by atoms with van der Waals surface area (Å²) in [7, 11) is 0. The van der Waals surface area contributed by atoms with Crippen LogP contribution in [0.25, 0.3) is 0 Å². The van der Waals surface area contributed by atoms with E-state index < -0.39 is 42.0 Å². The molecule has 0 bridgehead atoms. The molecular weight excluding hydrogens is 330 g/mol. The molecule has 25 heavy (non-hydrogen) atoms. The van der Waals surface area contributed by atoms with Crippen LogP contribution < -0.4 is 16.4 Å². The van der Waals surface area contributed by atoms with Crippen molar-refractivity contribution in [3.05, 3.63) is 29.8 Å². The quantitative estimate of drug-likeness (QED) is 0.339. The number of aliphatic hydroxyl groups excluding tert-OH is 1. The van der Waals surface area contributed by atoms with Crippen LogP contribution in [0.15, 0.2) is 24.3 Å². The number of carboxylic acid groups (broad SMARTS) is 1. The summed E-state index contributed by atoms with van der Waals surface area (Å²) in [6.07, 6.45) is -1.09. The summed E-state index contributed by atoms with van der Waals surface area (Å²) in [5.74, 6) is -2.65. The van der Waals surface area contributed by atoms with Crippen LogP contribution >= 0.6 is 0 Å². The minimum absolute atomic E-state index is 0.0835. The Balaban J connectivity index is 2.70. The van der Waals surface area contributed by atoms with Crippen LogP contribution in [-0.2, 0) is 20.8 Å². The molecule has 1 aromatic rings. The fourth-order valence-electron chi connectivity index (χ4n) is 2.01. The Bertz CT molecular complexity index is 617. The number of aliphatic carboxylic acids is 1. The van der Waals surface area contributed by atoms with Crippen molar-refractivity contribution in [1.82, 2.24) is 10.6 Å². The Morgan fingerprint density at radius 3 is 2.12 bits per heavy atom. The summed E-state index contributed by atoms with van der Waals surface area (Å²) in [4.78, 5) is 35.0. The first-order valence-electron chi connectivity index (χ1n) is 7.67. The normalized spacial score (nSPS) is 15.5. The second-order valence-electron chi connectivity index (χ2n) is 5.77. The van der Waals surface area contributed by atoms with E-state index in [0.717, 1.165) is 0 Å². The highest BCUT2D eigenvalue weighted by atomic mass is 16.4. The molecule has 0 aromatic heterocycles. The van der Waals surface area contributed by atoms with E-state index in [2.05, 4.69) is 10.6 Å². The molecule has 0 saturated heterocycles. The molecule has 1 rings (SSSR count). The standard InChI is InChI=1S/C16H23N3O6/c1-8(16(24)25)18-15(23)13(9(2)20)19-14(22)12(17)7-10-3-5-11(21)6-4-10/h3-6,8-9,12-13,20-21H,7,17H2,1-2H3,(H,18,23)(H,19,22)(H,24,25)/t8-,9+,12-,13-/m0/s1. The molecule has 9 heteroatoms. The third kappa shape index (κ3) is 6.40. The highest BCUT2D eigenvalue weighted by molar-refractivity contribution is 5.92. The molecule has 9 nitrogen and oxygen atoms in total. The number of carbonyl (C=O) groups is 3. The van der Waals surface area contributed by atoms with Crippen molar-refractivity contribution < 1.29 is 29.7 Å². The van der Waals surface area contributed by atoms with Gasteiger partial charge in [0, 0.05) is 0 Å². The van der Waals surface area contributed by atoms with Crippen molar-refractivity contribution in [3.63, 3.8) is 0 Å². The third-order valence-corrected chi connectivity index (χ3v) is 3.52. The largest absolute Gasteiger partial charge is 0.508 e. The van der Waals surface area contributed by atoms with Crippen LogP contribution in [0.5, 0.6) is 5.75 Å². The van der Waals surface area contributed by atoms with Crippen LogP contribution in [0.3, 0.4) is 0 Å². The molecule has 0 unspecified atom stereocenters. The van der Waals surface area contributed by atoms with E-state index in [1.165, 1.54) is 26.0 Å². The van der Waals surface area contributed by atoms with Gasteiger partial charge in [0.1, 0.15) is 17.8 Å². The molecular formula is C16H23N3O6. The molecule has 7 N–H and O–H groups in total. The Kier molecular flexibility index (Phi) is 7.34. The van der Waals surface area contributed by atoms with Crippen molar-refractivity contribution in [2.24, 2.45) is 5.73 Å². The maximum atomic E-state index is 12.2. The zero-order chi connectivity index (χ0) is 19.1. The van der Waals surface area contributed by atoms with Gasteiger partial charge in [0.2, 0.25) is 11.8 Å². The number of phenolic OH excluding ortho intramolecular Hbond substituents is 1. The van der Waals surface area contributed by atoms with Gasteiger partial charge in [-0.05, 0) is 38.0 Å². The zero-order valence-electron chi connectivity index (χ0n) is 14.0. The number of carboxylic acids is 1. The summed E-state index contributed by atoms with van der Waals surface area (Å²) in [5.41, 5.74) is 6.51. The number of hydrogen-bond acceptors (Lipinski definition) is 6. The Hall–Kier alpha value is -2.65. The Labute approximate surface area is 144 Å². The summed E-state index contributed by atoms with van der Waals surface area (Å²) in [6.45, 7) is 2.55. The minimum atomic E-state index is -1.33. The summed E-state index contributed by atoms with van der Waals surface area (Å²) >= 11 is 0. The van der Waals surface area contributed by atoms with Gasteiger partial charge in [0.15, 0.2) is 0 Å². The van der Waals surface area contributed by atoms with Crippen LogP contribution in [0.1, 0.15) is 19.4 Å². The zero-order valence-corrected chi connectivity index (χ0v) is 14.0. The molecule has 0 radical (unpaired) electrons. The van der Waals surface area contributed by atoms with Gasteiger partial charge < -0.3 is 31.7 Å². The van der Waals surface area contributed by atoms with Gasteiger partial charge in [-0.2, -0.15) is 0 Å². The number of aromatic hydroxyl groups is 1. The average Bonchev–Trinajstić information content (AvgIpc) is 2.53. The molecule has 2 amide bonds. The number of nitrogens with two attached hydrogens (primary N) is 1. The monoisotopic (exact) mass is 353 g/mol. The molecule has 0 heterocycles. The lowest BCUT2D eigenvalue weighted by molar-refractivity contribution is -0.142. The second-order valence-corrected chi connectivity index (χ2v) is 5.77. The molecule has 0 spiro atoms. The number of rotatable bonds is 8. The number of aliphatic hydroxyl groups is 1. The van der Waals surface area contributed by atoms with Gasteiger partial charge in [-0.3, -0.25) is 14.4 Å². The van der Waals surface area contributed by atoms with Gasteiger partial charge in [0.25, 0.3) is 0 Å². The third-order valence-electron chi connectivity index (χ3n) is 3.52. The van der Waals surface area contributed by atoms with E-state index in [-0.39, 0.29) is 12.2 Å². The minimum Gasteiger partial charge on any atom is -0.508 e. The van der Waals surface area contributed by atoms with E-state index in [0.29, 0.717) is 5.56 Å². The van der Waals surface area contributed by atoms with Gasteiger partial charge in [-0.25, -0.2) is 0 Å². The van der Waals surface area contributed by atoms with Crippen molar-refractivity contribution >= 4 is 17.8 Å². The first-order valence-corrected chi connectivity index (χ1v) is 7.67. The van der Waals surface area contributed by atoms with Gasteiger partial charge in [0.05, 0.1) is 12.1 Å².